The van der Waals surface area contributed by atoms with E-state index < -0.39 is 20.0 Å². The van der Waals surface area contributed by atoms with Crippen molar-refractivity contribution < 1.29 is 21.6 Å². The zero-order chi connectivity index (χ0) is 28.4. The maximum atomic E-state index is 13.5. The van der Waals surface area contributed by atoms with Crippen LogP contribution in [0.4, 0.5) is 0 Å². The van der Waals surface area contributed by atoms with Gasteiger partial charge in [0.1, 0.15) is 10.6 Å². The van der Waals surface area contributed by atoms with Gasteiger partial charge in [-0.05, 0) is 100 Å². The summed E-state index contributed by atoms with van der Waals surface area (Å²) in [5.74, 6) is 0.909. The van der Waals surface area contributed by atoms with Gasteiger partial charge in [-0.1, -0.05) is 23.7 Å². The van der Waals surface area contributed by atoms with Gasteiger partial charge in [0, 0.05) is 38.1 Å². The zero-order valence-electron chi connectivity index (χ0n) is 23.2. The highest BCUT2D eigenvalue weighted by atomic mass is 35.5. The Labute approximate surface area is 244 Å². The zero-order valence-corrected chi connectivity index (χ0v) is 25.6. The van der Waals surface area contributed by atoms with Gasteiger partial charge >= 0.3 is 0 Å². The van der Waals surface area contributed by atoms with Crippen molar-refractivity contribution in [2.75, 3.05) is 25.4 Å². The topological polar surface area (TPSA) is 96.9 Å². The minimum Gasteiger partial charge on any atom is -0.490 e. The predicted molar refractivity (Wildman–Crippen MR) is 156 cm³/mol. The normalized spacial score (nSPS) is 23.0. The monoisotopic (exact) mass is 609 g/mol. The first-order chi connectivity index (χ1) is 19.1. The molecule has 1 saturated carbocycles. The molecule has 8 nitrogen and oxygen atoms in total. The summed E-state index contributed by atoms with van der Waals surface area (Å²) in [6, 6.07) is 8.66. The molecule has 2 aromatic rings. The van der Waals surface area contributed by atoms with E-state index in [4.69, 9.17) is 16.3 Å². The third kappa shape index (κ3) is 6.51. The van der Waals surface area contributed by atoms with Crippen molar-refractivity contribution in [2.24, 2.45) is 5.41 Å². The average Bonchev–Trinajstić information content (AvgIpc) is 3.40. The number of halogens is 1. The lowest BCUT2D eigenvalue weighted by Gasteiger charge is -2.45. The Bertz CT molecular complexity index is 1350. The number of benzene rings is 1. The van der Waals surface area contributed by atoms with E-state index in [9.17, 15) is 16.8 Å². The van der Waals surface area contributed by atoms with Gasteiger partial charge in [0.15, 0.2) is 0 Å². The maximum Gasteiger partial charge on any atom is 0.245 e. The Balaban J connectivity index is 1.10. The Morgan fingerprint density at radius 1 is 0.975 bits per heavy atom. The number of nitrogens with zero attached hydrogens (tertiary/aromatic N) is 3. The van der Waals surface area contributed by atoms with Gasteiger partial charge in [0.2, 0.25) is 20.0 Å². The van der Waals surface area contributed by atoms with Crippen LogP contribution in [0.5, 0.6) is 5.75 Å². The summed E-state index contributed by atoms with van der Waals surface area (Å²) in [6.07, 6.45) is 12.0. The first-order valence-electron chi connectivity index (χ1n) is 14.4. The Kier molecular flexibility index (Phi) is 9.12. The van der Waals surface area contributed by atoms with Crippen molar-refractivity contribution in [2.45, 2.75) is 88.2 Å². The first kappa shape index (κ1) is 29.8. The second kappa shape index (κ2) is 12.3. The summed E-state index contributed by atoms with van der Waals surface area (Å²) in [7, 11) is -7.13. The molecule has 3 aliphatic rings. The van der Waals surface area contributed by atoms with Gasteiger partial charge in [-0.2, -0.15) is 4.31 Å². The van der Waals surface area contributed by atoms with Crippen LogP contribution in [-0.2, 0) is 20.0 Å². The molecule has 0 bridgehead atoms. The number of aryl methyl sites for hydroxylation is 1. The molecule has 2 saturated heterocycles. The molecule has 0 unspecified atom stereocenters. The van der Waals surface area contributed by atoms with Crippen molar-refractivity contribution in [3.8, 4) is 5.75 Å². The minimum absolute atomic E-state index is 0.0529. The van der Waals surface area contributed by atoms with Crippen molar-refractivity contribution in [3.63, 3.8) is 0 Å². The molecule has 0 amide bonds. The van der Waals surface area contributed by atoms with Crippen LogP contribution in [0.15, 0.2) is 47.6 Å². The van der Waals surface area contributed by atoms with Gasteiger partial charge in [0.05, 0.1) is 16.9 Å². The van der Waals surface area contributed by atoms with E-state index in [-0.39, 0.29) is 33.2 Å². The molecular weight excluding hydrogens is 570 g/mol. The molecule has 1 aromatic carbocycles. The predicted octanol–water partition coefficient (Wildman–Crippen LogP) is 5.41. The highest BCUT2D eigenvalue weighted by Gasteiger charge is 2.41. The van der Waals surface area contributed by atoms with Crippen LogP contribution in [0, 0.1) is 12.3 Å². The van der Waals surface area contributed by atoms with E-state index in [1.807, 2.05) is 12.1 Å². The quantitative estimate of drug-likeness (QED) is 0.377. The van der Waals surface area contributed by atoms with E-state index in [2.05, 4.69) is 4.98 Å². The van der Waals surface area contributed by atoms with E-state index in [0.717, 1.165) is 57.1 Å². The van der Waals surface area contributed by atoms with E-state index in [0.29, 0.717) is 38.0 Å². The number of rotatable bonds is 9. The standard InChI is InChI=1S/C29H40ClN3O5S2/c1-23-5-2-8-27(30)28(23)40(36,37)33-19-3-6-24(33)7-4-22-39(34,35)32-20-15-29(16-21-32)13-9-25(10-14-29)38-26-11-17-31-18-12-26/h2,5,8,11-12,17-18,24-25H,3-4,6-7,9-10,13-16,19-22H2,1H3/t24-/m0/s1. The number of sulfonamides is 2. The molecule has 1 atom stereocenters. The number of hydrogen-bond acceptors (Lipinski definition) is 6. The highest BCUT2D eigenvalue weighted by Crippen LogP contribution is 2.46. The fourth-order valence-corrected chi connectivity index (χ4v) is 10.8. The number of hydrogen-bond donors (Lipinski definition) is 0. The smallest absolute Gasteiger partial charge is 0.245 e. The van der Waals surface area contributed by atoms with E-state index in [1.165, 1.54) is 4.31 Å². The van der Waals surface area contributed by atoms with E-state index >= 15 is 0 Å². The van der Waals surface area contributed by atoms with Gasteiger partial charge < -0.3 is 4.74 Å². The Hall–Kier alpha value is -1.72. The molecule has 1 aromatic heterocycles. The van der Waals surface area contributed by atoms with E-state index in [1.54, 1.807) is 41.8 Å². The fraction of sp³-hybridized carbons (Fsp3) is 0.621. The molecule has 11 heteroatoms. The number of ether oxygens (including phenoxy) is 1. The second-order valence-electron chi connectivity index (χ2n) is 11.7. The molecule has 3 heterocycles. The molecule has 1 spiro atoms. The molecule has 2 aliphatic heterocycles. The Morgan fingerprint density at radius 2 is 1.68 bits per heavy atom. The minimum atomic E-state index is -3.74. The first-order valence-corrected chi connectivity index (χ1v) is 17.8. The summed E-state index contributed by atoms with van der Waals surface area (Å²) in [4.78, 5) is 4.20. The molecular formula is C29H40ClN3O5S2. The number of aromatic nitrogens is 1. The summed E-state index contributed by atoms with van der Waals surface area (Å²) in [5, 5.41) is 0.228. The molecule has 220 valence electrons. The number of pyridine rings is 1. The van der Waals surface area contributed by atoms with Crippen LogP contribution in [0.3, 0.4) is 0 Å². The van der Waals surface area contributed by atoms with Crippen molar-refractivity contribution in [1.29, 1.82) is 0 Å². The summed E-state index contributed by atoms with van der Waals surface area (Å²) >= 11 is 6.29. The molecule has 0 radical (unpaired) electrons. The van der Waals surface area contributed by atoms with Crippen molar-refractivity contribution >= 4 is 31.6 Å². The van der Waals surface area contributed by atoms with Crippen molar-refractivity contribution in [1.82, 2.24) is 13.6 Å². The second-order valence-corrected chi connectivity index (χ2v) is 16.0. The van der Waals surface area contributed by atoms with Gasteiger partial charge in [-0.3, -0.25) is 4.98 Å². The average molecular weight is 610 g/mol. The molecule has 1 aliphatic carbocycles. The van der Waals surface area contributed by atoms with Crippen LogP contribution < -0.4 is 4.74 Å². The number of piperidine rings is 1. The summed E-state index contributed by atoms with van der Waals surface area (Å²) in [5.41, 5.74) is 0.831. The maximum absolute atomic E-state index is 13.5. The van der Waals surface area contributed by atoms with Gasteiger partial charge in [0.25, 0.3) is 0 Å². The molecule has 0 N–H and O–H groups in total. The SMILES string of the molecule is Cc1cccc(Cl)c1S(=O)(=O)N1CCC[C@H]1CCCS(=O)(=O)N1CCC2(CCC(Oc3ccncc3)CC2)CC1. The van der Waals surface area contributed by atoms with Crippen LogP contribution in [0.25, 0.3) is 0 Å². The van der Waals surface area contributed by atoms with Gasteiger partial charge in [-0.15, -0.1) is 0 Å². The summed E-state index contributed by atoms with van der Waals surface area (Å²) < 4.78 is 62.7. The lowest BCUT2D eigenvalue weighted by Crippen LogP contribution is -2.46. The molecule has 5 rings (SSSR count). The lowest BCUT2D eigenvalue weighted by atomic mass is 9.68. The Morgan fingerprint density at radius 3 is 2.35 bits per heavy atom. The lowest BCUT2D eigenvalue weighted by molar-refractivity contribution is 0.0433. The summed E-state index contributed by atoms with van der Waals surface area (Å²) in [6.45, 7) is 3.32. The fourth-order valence-electron chi connectivity index (χ4n) is 6.77. The van der Waals surface area contributed by atoms with Crippen LogP contribution >= 0.6 is 11.6 Å². The van der Waals surface area contributed by atoms with Crippen LogP contribution in [-0.4, -0.2) is 68.0 Å². The third-order valence-electron chi connectivity index (χ3n) is 9.12. The van der Waals surface area contributed by atoms with Crippen LogP contribution in [0.1, 0.15) is 69.8 Å². The molecule has 3 fully saturated rings. The van der Waals surface area contributed by atoms with Crippen molar-refractivity contribution in [3.05, 3.63) is 53.3 Å². The molecule has 40 heavy (non-hydrogen) atoms. The van der Waals surface area contributed by atoms with Gasteiger partial charge in [-0.25, -0.2) is 21.1 Å². The third-order valence-corrected chi connectivity index (χ3v) is 13.7. The highest BCUT2D eigenvalue weighted by molar-refractivity contribution is 7.89. The van der Waals surface area contributed by atoms with Crippen LogP contribution in [0.2, 0.25) is 5.02 Å². The largest absolute Gasteiger partial charge is 0.490 e.